The molecule has 3 aromatic rings. The molecule has 8 nitrogen and oxygen atoms in total. The van der Waals surface area contributed by atoms with Gasteiger partial charge in [0.05, 0.1) is 18.6 Å². The highest BCUT2D eigenvalue weighted by Gasteiger charge is 2.14. The van der Waals surface area contributed by atoms with Crippen molar-refractivity contribution < 1.29 is 18.7 Å². The van der Waals surface area contributed by atoms with E-state index in [9.17, 15) is 9.18 Å². The first kappa shape index (κ1) is 19.5. The van der Waals surface area contributed by atoms with Crippen LogP contribution in [0, 0.1) is 5.82 Å². The lowest BCUT2D eigenvalue weighted by atomic mass is 10.3. The molecule has 146 valence electrons. The zero-order valence-electron chi connectivity index (χ0n) is 15.0. The Morgan fingerprint density at radius 2 is 2.00 bits per heavy atom. The number of para-hydroxylation sites is 1. The number of anilines is 1. The van der Waals surface area contributed by atoms with Gasteiger partial charge < -0.3 is 20.6 Å². The van der Waals surface area contributed by atoms with Crippen LogP contribution in [0.3, 0.4) is 0 Å². The van der Waals surface area contributed by atoms with Gasteiger partial charge in [-0.2, -0.15) is 0 Å². The maximum atomic E-state index is 13.6. The maximum Gasteiger partial charge on any atom is 0.234 e. The van der Waals surface area contributed by atoms with E-state index in [1.807, 2.05) is 0 Å². The second kappa shape index (κ2) is 9.09. The Labute approximate surface area is 164 Å². The normalized spacial score (nSPS) is 10.5. The third kappa shape index (κ3) is 4.92. The summed E-state index contributed by atoms with van der Waals surface area (Å²) in [6.07, 6.45) is 0. The smallest absolute Gasteiger partial charge is 0.234 e. The zero-order chi connectivity index (χ0) is 19.9. The van der Waals surface area contributed by atoms with Crippen LogP contribution in [0.25, 0.3) is 0 Å². The molecule has 1 amide bonds. The van der Waals surface area contributed by atoms with Gasteiger partial charge in [-0.05, 0) is 24.3 Å². The van der Waals surface area contributed by atoms with E-state index in [0.29, 0.717) is 22.5 Å². The molecule has 10 heteroatoms. The lowest BCUT2D eigenvalue weighted by molar-refractivity contribution is -0.113. The predicted octanol–water partition coefficient (Wildman–Crippen LogP) is 2.45. The minimum atomic E-state index is -0.500. The summed E-state index contributed by atoms with van der Waals surface area (Å²) in [5, 5.41) is 10.8. The summed E-state index contributed by atoms with van der Waals surface area (Å²) in [7, 11) is 1.57. The number of halogens is 1. The van der Waals surface area contributed by atoms with Crippen molar-refractivity contribution in [1.29, 1.82) is 0 Å². The zero-order valence-corrected chi connectivity index (χ0v) is 15.8. The number of carbonyl (C=O) groups excluding carboxylic acids is 1. The first-order chi connectivity index (χ1) is 13.6. The molecule has 2 aromatic carbocycles. The quantitative estimate of drug-likeness (QED) is 0.440. The number of aromatic nitrogens is 3. The highest BCUT2D eigenvalue weighted by Crippen LogP contribution is 2.21. The van der Waals surface area contributed by atoms with Crippen molar-refractivity contribution in [2.24, 2.45) is 0 Å². The number of ether oxygens (including phenoxy) is 2. The van der Waals surface area contributed by atoms with Crippen molar-refractivity contribution in [2.75, 3.05) is 24.0 Å². The van der Waals surface area contributed by atoms with Gasteiger partial charge in [-0.1, -0.05) is 30.0 Å². The Hall–Kier alpha value is -3.27. The maximum absolute atomic E-state index is 13.6. The van der Waals surface area contributed by atoms with Crippen molar-refractivity contribution in [3.8, 4) is 11.5 Å². The fourth-order valence-corrected chi connectivity index (χ4v) is 2.90. The van der Waals surface area contributed by atoms with E-state index in [-0.39, 0.29) is 24.0 Å². The average Bonchev–Trinajstić information content (AvgIpc) is 3.06. The van der Waals surface area contributed by atoms with Crippen molar-refractivity contribution >= 4 is 23.4 Å². The molecule has 0 saturated carbocycles. The molecular weight excluding hydrogens is 385 g/mol. The van der Waals surface area contributed by atoms with E-state index in [4.69, 9.17) is 15.3 Å². The van der Waals surface area contributed by atoms with Crippen LogP contribution in [0.15, 0.2) is 53.7 Å². The molecule has 0 aliphatic rings. The molecule has 3 N–H and O–H groups in total. The summed E-state index contributed by atoms with van der Waals surface area (Å²) in [6, 6.07) is 13.1. The van der Waals surface area contributed by atoms with Crippen LogP contribution in [0.4, 0.5) is 10.1 Å². The average molecular weight is 403 g/mol. The monoisotopic (exact) mass is 403 g/mol. The first-order valence-corrected chi connectivity index (χ1v) is 9.19. The summed E-state index contributed by atoms with van der Waals surface area (Å²) < 4.78 is 25.6. The molecule has 0 bridgehead atoms. The number of carbonyl (C=O) groups is 1. The van der Waals surface area contributed by atoms with Gasteiger partial charge in [-0.15, -0.1) is 10.2 Å². The fraction of sp³-hybridized carbons (Fsp3) is 0.167. The number of nitrogens with zero attached hydrogens (tertiary/aromatic N) is 3. The van der Waals surface area contributed by atoms with Gasteiger partial charge >= 0.3 is 0 Å². The Balaban J connectivity index is 1.54. The van der Waals surface area contributed by atoms with Crippen LogP contribution < -0.4 is 20.6 Å². The third-order valence-electron chi connectivity index (χ3n) is 3.62. The molecule has 0 aliphatic carbocycles. The minimum Gasteiger partial charge on any atom is -0.497 e. The lowest BCUT2D eigenvalue weighted by Gasteiger charge is -2.08. The second-order valence-electron chi connectivity index (χ2n) is 5.55. The van der Waals surface area contributed by atoms with Gasteiger partial charge in [0.15, 0.2) is 5.82 Å². The number of nitrogen functional groups attached to an aromatic ring is 1. The Morgan fingerprint density at radius 1 is 1.21 bits per heavy atom. The van der Waals surface area contributed by atoms with Gasteiger partial charge in [0.2, 0.25) is 11.1 Å². The van der Waals surface area contributed by atoms with E-state index in [0.717, 1.165) is 11.8 Å². The van der Waals surface area contributed by atoms with Crippen molar-refractivity contribution in [3.63, 3.8) is 0 Å². The van der Waals surface area contributed by atoms with Gasteiger partial charge in [-0.3, -0.25) is 4.79 Å². The van der Waals surface area contributed by atoms with Crippen LogP contribution in [0.1, 0.15) is 5.82 Å². The number of nitrogens with one attached hydrogen (secondary N) is 1. The summed E-state index contributed by atoms with van der Waals surface area (Å²) in [6.45, 7) is 0.0959. The van der Waals surface area contributed by atoms with Crippen LogP contribution in [0.2, 0.25) is 0 Å². The highest BCUT2D eigenvalue weighted by molar-refractivity contribution is 7.99. The third-order valence-corrected chi connectivity index (χ3v) is 4.57. The number of rotatable bonds is 8. The van der Waals surface area contributed by atoms with Crippen molar-refractivity contribution in [1.82, 2.24) is 14.9 Å². The number of nitrogens with two attached hydrogens (primary N) is 1. The number of methoxy groups -OCH3 is 1. The Morgan fingerprint density at radius 3 is 2.79 bits per heavy atom. The molecule has 0 radical (unpaired) electrons. The Bertz CT molecular complexity index is 966. The first-order valence-electron chi connectivity index (χ1n) is 8.20. The molecule has 0 spiro atoms. The number of benzene rings is 2. The minimum absolute atomic E-state index is 0.000406. The van der Waals surface area contributed by atoms with E-state index in [1.165, 1.54) is 16.8 Å². The van der Waals surface area contributed by atoms with Crippen molar-refractivity contribution in [2.45, 2.75) is 11.8 Å². The van der Waals surface area contributed by atoms with Crippen molar-refractivity contribution in [3.05, 3.63) is 60.2 Å². The van der Waals surface area contributed by atoms with Crippen LogP contribution in [-0.4, -0.2) is 33.6 Å². The summed E-state index contributed by atoms with van der Waals surface area (Å²) >= 11 is 1.08. The number of hydrogen-bond acceptors (Lipinski definition) is 7. The summed E-state index contributed by atoms with van der Waals surface area (Å²) in [5.41, 5.74) is 0.120. The highest BCUT2D eigenvalue weighted by atomic mass is 32.2. The van der Waals surface area contributed by atoms with Crippen LogP contribution in [-0.2, 0) is 11.4 Å². The summed E-state index contributed by atoms with van der Waals surface area (Å²) in [4.78, 5) is 12.0. The second-order valence-corrected chi connectivity index (χ2v) is 6.50. The van der Waals surface area contributed by atoms with E-state index in [1.54, 1.807) is 43.5 Å². The molecule has 0 unspecified atom stereocenters. The molecular formula is C18H18FN5O3S. The van der Waals surface area contributed by atoms with Gasteiger partial charge in [-0.25, -0.2) is 9.07 Å². The van der Waals surface area contributed by atoms with Gasteiger partial charge in [0, 0.05) is 6.07 Å². The Kier molecular flexibility index (Phi) is 6.33. The molecule has 0 aliphatic heterocycles. The van der Waals surface area contributed by atoms with Gasteiger partial charge in [0.1, 0.15) is 23.9 Å². The molecule has 1 heterocycles. The molecule has 1 aromatic heterocycles. The topological polar surface area (TPSA) is 104 Å². The predicted molar refractivity (Wildman–Crippen MR) is 103 cm³/mol. The largest absolute Gasteiger partial charge is 0.497 e. The van der Waals surface area contributed by atoms with Gasteiger partial charge in [0.25, 0.3) is 0 Å². The number of amides is 1. The number of thioether (sulfide) groups is 1. The van der Waals surface area contributed by atoms with Crippen LogP contribution >= 0.6 is 11.8 Å². The standard InChI is InChI=1S/C18H18FN5O3S/c1-26-12-5-4-6-13(9-12)27-10-16-22-23-18(24(16)20)28-11-17(25)21-15-8-3-2-7-14(15)19/h2-9H,10-11,20H2,1H3,(H,21,25). The molecule has 0 saturated heterocycles. The SMILES string of the molecule is COc1cccc(OCc2nnc(SCC(=O)Nc3ccccc3F)n2N)c1. The molecule has 28 heavy (non-hydrogen) atoms. The molecule has 3 rings (SSSR count). The molecule has 0 atom stereocenters. The fourth-order valence-electron chi connectivity index (χ4n) is 2.22. The lowest BCUT2D eigenvalue weighted by Crippen LogP contribution is -2.18. The van der Waals surface area contributed by atoms with Crippen LogP contribution in [0.5, 0.6) is 11.5 Å². The van der Waals surface area contributed by atoms with E-state index in [2.05, 4.69) is 15.5 Å². The number of hydrogen-bond donors (Lipinski definition) is 2. The van der Waals surface area contributed by atoms with E-state index < -0.39 is 5.82 Å². The van der Waals surface area contributed by atoms with E-state index >= 15 is 0 Å². The summed E-state index contributed by atoms with van der Waals surface area (Å²) in [5.74, 6) is 6.74. The molecule has 0 fully saturated rings.